The molecule has 1 aromatic rings. The molecule has 0 unspecified atom stereocenters. The van der Waals surface area contributed by atoms with Crippen molar-refractivity contribution in [3.63, 3.8) is 0 Å². The maximum absolute atomic E-state index is 12.5. The van der Waals surface area contributed by atoms with Crippen LogP contribution in [0.25, 0.3) is 0 Å². The molecule has 1 aromatic heterocycles. The Morgan fingerprint density at radius 3 is 2.63 bits per heavy atom. The first kappa shape index (κ1) is 13.4. The van der Waals surface area contributed by atoms with Gasteiger partial charge in [0.15, 0.2) is 0 Å². The topological polar surface area (TPSA) is 64.3 Å². The summed E-state index contributed by atoms with van der Waals surface area (Å²) in [5, 5.41) is 0. The second kappa shape index (κ2) is 4.94. The molecule has 0 aliphatic carbocycles. The van der Waals surface area contributed by atoms with Gasteiger partial charge in [-0.2, -0.15) is 23.1 Å². The van der Waals surface area contributed by atoms with Gasteiger partial charge in [0.1, 0.15) is 5.82 Å². The fourth-order valence-electron chi connectivity index (χ4n) is 1.83. The summed E-state index contributed by atoms with van der Waals surface area (Å²) in [7, 11) is 1.43. The van der Waals surface area contributed by atoms with Crippen LogP contribution >= 0.6 is 0 Å². The molecule has 0 saturated carbocycles. The Bertz CT molecular complexity index is 501. The highest BCUT2D eigenvalue weighted by molar-refractivity contribution is 5.47. The fourth-order valence-corrected chi connectivity index (χ4v) is 1.83. The van der Waals surface area contributed by atoms with E-state index < -0.39 is 11.7 Å². The zero-order chi connectivity index (χ0) is 14.0. The van der Waals surface area contributed by atoms with E-state index in [2.05, 4.69) is 9.97 Å². The lowest BCUT2D eigenvalue weighted by Gasteiger charge is -2.28. The van der Waals surface area contributed by atoms with E-state index >= 15 is 0 Å². The van der Waals surface area contributed by atoms with Crippen molar-refractivity contribution in [1.82, 2.24) is 9.97 Å². The second-order valence-corrected chi connectivity index (χ2v) is 4.05. The summed E-state index contributed by atoms with van der Waals surface area (Å²) in [5.41, 5.74) is 5.01. The van der Waals surface area contributed by atoms with Gasteiger partial charge in [0, 0.05) is 24.7 Å². The van der Waals surface area contributed by atoms with E-state index in [1.807, 2.05) is 0 Å². The van der Waals surface area contributed by atoms with Gasteiger partial charge in [0.05, 0.1) is 7.11 Å². The quantitative estimate of drug-likeness (QED) is 0.833. The number of alkyl halides is 3. The van der Waals surface area contributed by atoms with Crippen LogP contribution in [0.5, 0.6) is 5.88 Å². The van der Waals surface area contributed by atoms with Crippen LogP contribution < -0.4 is 15.4 Å². The zero-order valence-corrected chi connectivity index (χ0v) is 10.2. The lowest BCUT2D eigenvalue weighted by molar-refractivity contribution is -0.0944. The van der Waals surface area contributed by atoms with Gasteiger partial charge in [0.25, 0.3) is 0 Å². The average Bonchev–Trinajstić information content (AvgIpc) is 2.37. The van der Waals surface area contributed by atoms with Crippen molar-refractivity contribution in [2.45, 2.75) is 12.6 Å². The predicted molar refractivity (Wildman–Crippen MR) is 64.0 cm³/mol. The van der Waals surface area contributed by atoms with Gasteiger partial charge in [-0.05, 0) is 6.42 Å². The highest BCUT2D eigenvalue weighted by Gasteiger charge is 2.35. The molecule has 8 heteroatoms. The van der Waals surface area contributed by atoms with Crippen molar-refractivity contribution in [3.8, 4) is 5.88 Å². The van der Waals surface area contributed by atoms with Crippen LogP contribution in [-0.4, -0.2) is 36.3 Å². The number of hydrogen-bond acceptors (Lipinski definition) is 5. The molecule has 1 aliphatic heterocycles. The van der Waals surface area contributed by atoms with Gasteiger partial charge in [-0.15, -0.1) is 0 Å². The van der Waals surface area contributed by atoms with Crippen LogP contribution in [-0.2, 0) is 0 Å². The third kappa shape index (κ3) is 3.07. The fraction of sp³-hybridized carbons (Fsp3) is 0.455. The van der Waals surface area contributed by atoms with E-state index in [9.17, 15) is 13.2 Å². The van der Waals surface area contributed by atoms with Gasteiger partial charge in [0.2, 0.25) is 11.8 Å². The summed E-state index contributed by atoms with van der Waals surface area (Å²) >= 11 is 0. The van der Waals surface area contributed by atoms with Crippen molar-refractivity contribution in [2.75, 3.05) is 30.8 Å². The Hall–Kier alpha value is -1.99. The SMILES string of the molecule is COc1cc(N2CC=C(C(F)(F)F)CC2)nc(N)n1. The monoisotopic (exact) mass is 274 g/mol. The molecule has 0 aromatic carbocycles. The molecular weight excluding hydrogens is 261 g/mol. The van der Waals surface area contributed by atoms with E-state index in [4.69, 9.17) is 10.5 Å². The van der Waals surface area contributed by atoms with Gasteiger partial charge < -0.3 is 15.4 Å². The first-order valence-electron chi connectivity index (χ1n) is 5.60. The van der Waals surface area contributed by atoms with Crippen LogP contribution in [0.4, 0.5) is 24.9 Å². The second-order valence-electron chi connectivity index (χ2n) is 4.05. The maximum atomic E-state index is 12.5. The third-order valence-corrected chi connectivity index (χ3v) is 2.81. The average molecular weight is 274 g/mol. The van der Waals surface area contributed by atoms with Gasteiger partial charge in [-0.1, -0.05) is 6.08 Å². The lowest BCUT2D eigenvalue weighted by Crippen LogP contribution is -2.32. The van der Waals surface area contributed by atoms with Gasteiger partial charge >= 0.3 is 6.18 Å². The minimum absolute atomic E-state index is 0.0277. The Morgan fingerprint density at radius 1 is 1.37 bits per heavy atom. The zero-order valence-electron chi connectivity index (χ0n) is 10.2. The lowest BCUT2D eigenvalue weighted by atomic mass is 10.1. The van der Waals surface area contributed by atoms with Crippen molar-refractivity contribution in [2.24, 2.45) is 0 Å². The van der Waals surface area contributed by atoms with Crippen LogP contribution in [0, 0.1) is 0 Å². The number of nitrogens with zero attached hydrogens (tertiary/aromatic N) is 3. The van der Waals surface area contributed by atoms with Crippen molar-refractivity contribution in [1.29, 1.82) is 0 Å². The summed E-state index contributed by atoms with van der Waals surface area (Å²) in [6, 6.07) is 1.54. The van der Waals surface area contributed by atoms with Crippen molar-refractivity contribution >= 4 is 11.8 Å². The molecule has 104 valence electrons. The molecule has 0 saturated heterocycles. The summed E-state index contributed by atoms with van der Waals surface area (Å²) in [6.45, 7) is 0.361. The van der Waals surface area contributed by atoms with E-state index in [0.717, 1.165) is 6.08 Å². The number of aromatic nitrogens is 2. The number of nitrogens with two attached hydrogens (primary N) is 1. The minimum Gasteiger partial charge on any atom is -0.481 e. The maximum Gasteiger partial charge on any atom is 0.412 e. The van der Waals surface area contributed by atoms with Crippen molar-refractivity contribution < 1.29 is 17.9 Å². The summed E-state index contributed by atoms with van der Waals surface area (Å²) < 4.78 is 42.5. The number of rotatable bonds is 2. The standard InChI is InChI=1S/C11H13F3N4O/c1-19-9-6-8(16-10(15)17-9)18-4-2-7(3-5-18)11(12,13)14/h2,6H,3-5H2,1H3,(H2,15,16,17). The largest absolute Gasteiger partial charge is 0.481 e. The Labute approximate surface area is 107 Å². The number of nitrogen functional groups attached to an aromatic ring is 1. The van der Waals surface area contributed by atoms with Crippen LogP contribution in [0.15, 0.2) is 17.7 Å². The number of halogens is 3. The molecule has 0 spiro atoms. The van der Waals surface area contributed by atoms with Crippen LogP contribution in [0.1, 0.15) is 6.42 Å². The molecule has 0 radical (unpaired) electrons. The molecule has 2 N–H and O–H groups in total. The van der Waals surface area contributed by atoms with E-state index in [-0.39, 0.29) is 31.3 Å². The molecule has 2 heterocycles. The van der Waals surface area contributed by atoms with Gasteiger partial charge in [-0.25, -0.2) is 0 Å². The highest BCUT2D eigenvalue weighted by Crippen LogP contribution is 2.31. The molecule has 19 heavy (non-hydrogen) atoms. The third-order valence-electron chi connectivity index (χ3n) is 2.81. The Balaban J connectivity index is 2.18. The van der Waals surface area contributed by atoms with E-state index in [1.54, 1.807) is 11.0 Å². The first-order chi connectivity index (χ1) is 8.90. The van der Waals surface area contributed by atoms with E-state index in [0.29, 0.717) is 5.82 Å². The molecule has 1 aliphatic rings. The van der Waals surface area contributed by atoms with Crippen molar-refractivity contribution in [3.05, 3.63) is 17.7 Å². The Kier molecular flexibility index (Phi) is 3.50. The first-order valence-corrected chi connectivity index (χ1v) is 5.60. The van der Waals surface area contributed by atoms with Crippen LogP contribution in [0.3, 0.4) is 0 Å². The molecule has 0 fully saturated rings. The normalized spacial score (nSPS) is 16.2. The minimum atomic E-state index is -4.26. The molecule has 0 bridgehead atoms. The molecule has 0 atom stereocenters. The molecule has 0 amide bonds. The number of methoxy groups -OCH3 is 1. The summed E-state index contributed by atoms with van der Waals surface area (Å²) in [5.74, 6) is 0.773. The van der Waals surface area contributed by atoms with Gasteiger partial charge in [-0.3, -0.25) is 0 Å². The number of anilines is 2. The van der Waals surface area contributed by atoms with E-state index in [1.165, 1.54) is 7.11 Å². The Morgan fingerprint density at radius 2 is 2.11 bits per heavy atom. The summed E-state index contributed by atoms with van der Waals surface area (Å²) in [6.07, 6.45) is -3.17. The summed E-state index contributed by atoms with van der Waals surface area (Å²) in [4.78, 5) is 9.51. The molecule has 2 rings (SSSR count). The molecule has 5 nitrogen and oxygen atoms in total. The molecular formula is C11H13F3N4O. The number of ether oxygens (including phenoxy) is 1. The highest BCUT2D eigenvalue weighted by atomic mass is 19.4. The predicted octanol–water partition coefficient (Wildman–Crippen LogP) is 1.77. The smallest absolute Gasteiger partial charge is 0.412 e. The number of hydrogen-bond donors (Lipinski definition) is 1. The van der Waals surface area contributed by atoms with Crippen LogP contribution in [0.2, 0.25) is 0 Å².